The van der Waals surface area contributed by atoms with Gasteiger partial charge in [0, 0.05) is 29.0 Å². The summed E-state index contributed by atoms with van der Waals surface area (Å²) in [6, 6.07) is 41.5. The molecule has 0 heterocycles. The molecule has 202 valence electrons. The Bertz CT molecular complexity index is 1670. The minimum Gasteiger partial charge on any atom is -0.376 e. The van der Waals surface area contributed by atoms with Gasteiger partial charge in [-0.25, -0.2) is 0 Å². The summed E-state index contributed by atoms with van der Waals surface area (Å²) in [5.41, 5.74) is 8.20. The molecule has 0 amide bonds. The predicted molar refractivity (Wildman–Crippen MR) is 185 cm³/mol. The van der Waals surface area contributed by atoms with Crippen molar-refractivity contribution in [1.82, 2.24) is 0 Å². The molecule has 0 saturated heterocycles. The van der Waals surface area contributed by atoms with Crippen LogP contribution >= 0.6 is 63.7 Å². The molecular weight excluding hydrogens is 768 g/mol. The largest absolute Gasteiger partial charge is 0.376 e. The van der Waals surface area contributed by atoms with Crippen LogP contribution in [0.3, 0.4) is 0 Å². The van der Waals surface area contributed by atoms with Crippen molar-refractivity contribution in [2.75, 3.05) is 0 Å². The quantitative estimate of drug-likeness (QED) is 0.188. The number of rotatable bonds is 5. The van der Waals surface area contributed by atoms with Gasteiger partial charge in [0.1, 0.15) is 5.60 Å². The highest BCUT2D eigenvalue weighted by atomic mass is 79.9. The number of hydrogen-bond acceptors (Lipinski definition) is 1. The van der Waals surface area contributed by atoms with Crippen molar-refractivity contribution in [1.29, 1.82) is 0 Å². The summed E-state index contributed by atoms with van der Waals surface area (Å²) in [6.45, 7) is 2.07. The highest BCUT2D eigenvalue weighted by Gasteiger charge is 2.48. The second-order valence-electron chi connectivity index (χ2n) is 10.1. The van der Waals surface area contributed by atoms with Gasteiger partial charge in [0.2, 0.25) is 0 Å². The van der Waals surface area contributed by atoms with E-state index in [1.807, 2.05) is 24.3 Å². The van der Waals surface area contributed by atoms with Crippen LogP contribution in [0, 0.1) is 6.92 Å². The molecule has 0 aliphatic heterocycles. The number of hydrogen-bond donors (Lipinski definition) is 1. The van der Waals surface area contributed by atoms with Gasteiger partial charge >= 0.3 is 0 Å². The fourth-order valence-electron chi connectivity index (χ4n) is 5.57. The maximum Gasteiger partial charge on any atom is 0.142 e. The second kappa shape index (κ2) is 11.6. The van der Waals surface area contributed by atoms with Crippen LogP contribution < -0.4 is 0 Å². The van der Waals surface area contributed by atoms with E-state index in [1.54, 1.807) is 0 Å². The molecule has 1 aliphatic rings. The minimum atomic E-state index is -1.44. The maximum absolute atomic E-state index is 13.4. The Labute approximate surface area is 274 Å². The van der Waals surface area contributed by atoms with E-state index in [4.69, 9.17) is 0 Å². The van der Waals surface area contributed by atoms with Crippen LogP contribution in [0.25, 0.3) is 22.3 Å². The predicted octanol–water partition coefficient (Wildman–Crippen LogP) is 11.5. The third kappa shape index (κ3) is 5.39. The van der Waals surface area contributed by atoms with E-state index in [2.05, 4.69) is 168 Å². The Hall–Kier alpha value is -2.54. The van der Waals surface area contributed by atoms with Crippen molar-refractivity contribution in [3.05, 3.63) is 173 Å². The van der Waals surface area contributed by atoms with Gasteiger partial charge < -0.3 is 5.11 Å². The maximum atomic E-state index is 13.4. The van der Waals surface area contributed by atoms with E-state index in [9.17, 15) is 5.11 Å². The highest BCUT2D eigenvalue weighted by molar-refractivity contribution is 9.11. The zero-order chi connectivity index (χ0) is 28.7. The molecule has 0 unspecified atom stereocenters. The lowest BCUT2D eigenvalue weighted by Crippen LogP contribution is -2.27. The smallest absolute Gasteiger partial charge is 0.142 e. The first-order valence-electron chi connectivity index (χ1n) is 13.1. The average Bonchev–Trinajstić information content (AvgIpc) is 3.25. The van der Waals surface area contributed by atoms with Gasteiger partial charge in [-0.3, -0.25) is 0 Å². The van der Waals surface area contributed by atoms with Crippen molar-refractivity contribution >= 4 is 86.0 Å². The molecule has 5 aromatic carbocycles. The van der Waals surface area contributed by atoms with Gasteiger partial charge in [-0.05, 0) is 94.4 Å². The van der Waals surface area contributed by atoms with E-state index in [0.717, 1.165) is 73.6 Å². The van der Waals surface area contributed by atoms with Crippen LogP contribution in [-0.2, 0) is 5.60 Å². The lowest BCUT2D eigenvalue weighted by molar-refractivity contribution is 0.167. The van der Waals surface area contributed by atoms with E-state index >= 15 is 0 Å². The second-order valence-corrected chi connectivity index (χ2v) is 13.8. The molecule has 1 nitrogen and oxygen atoms in total. The summed E-state index contributed by atoms with van der Waals surface area (Å²) < 4.78 is 3.97. The Morgan fingerprint density at radius 1 is 0.415 bits per heavy atom. The molecule has 41 heavy (non-hydrogen) atoms. The van der Waals surface area contributed by atoms with Crippen molar-refractivity contribution < 1.29 is 5.11 Å². The summed E-state index contributed by atoms with van der Waals surface area (Å²) in [7, 11) is 0. The first-order chi connectivity index (χ1) is 19.8. The fraction of sp³-hybridized carbons (Fsp3) is 0.0556. The molecule has 0 radical (unpaired) electrons. The van der Waals surface area contributed by atoms with Gasteiger partial charge in [-0.15, -0.1) is 0 Å². The van der Waals surface area contributed by atoms with Crippen molar-refractivity contribution in [2.24, 2.45) is 0 Å². The lowest BCUT2D eigenvalue weighted by Gasteiger charge is -2.32. The number of allylic oxidation sites excluding steroid dienone is 2. The Morgan fingerprint density at radius 2 is 0.707 bits per heavy atom. The van der Waals surface area contributed by atoms with Gasteiger partial charge in [0.05, 0.1) is 0 Å². The first kappa shape index (κ1) is 28.6. The molecule has 0 bridgehead atoms. The molecule has 0 saturated carbocycles. The van der Waals surface area contributed by atoms with Crippen LogP contribution in [0.4, 0.5) is 0 Å². The highest BCUT2D eigenvalue weighted by Crippen LogP contribution is 2.61. The normalized spacial score (nSPS) is 14.6. The molecule has 0 spiro atoms. The molecule has 1 N–H and O–H groups in total. The summed E-state index contributed by atoms with van der Waals surface area (Å²) in [6.07, 6.45) is 0. The number of benzene rings is 5. The lowest BCUT2D eigenvalue weighted by atomic mass is 9.76. The fourth-order valence-corrected chi connectivity index (χ4v) is 6.63. The monoisotopic (exact) mass is 788 g/mol. The minimum absolute atomic E-state index is 0.820. The molecule has 0 fully saturated rings. The van der Waals surface area contributed by atoms with Gasteiger partial charge in [0.25, 0.3) is 0 Å². The average molecular weight is 792 g/mol. The third-order valence-electron chi connectivity index (χ3n) is 7.47. The molecule has 0 aromatic heterocycles. The summed E-state index contributed by atoms with van der Waals surface area (Å²) in [4.78, 5) is 0. The van der Waals surface area contributed by atoms with Gasteiger partial charge in [0.15, 0.2) is 0 Å². The van der Waals surface area contributed by atoms with Gasteiger partial charge in [-0.2, -0.15) is 0 Å². The van der Waals surface area contributed by atoms with E-state index in [-0.39, 0.29) is 0 Å². The number of aliphatic hydroxyl groups is 1. The topological polar surface area (TPSA) is 20.2 Å². The number of aryl methyl sites for hydroxylation is 1. The Morgan fingerprint density at radius 3 is 1.02 bits per heavy atom. The Balaban J connectivity index is 1.81. The standard InChI is InChI=1S/C36H24Br4O/c1-22-2-12-27(13-3-22)36(41)34(25-8-18-30(39)19-9-25)32(23-4-14-28(37)15-5-23)33(24-6-16-29(38)17-7-24)35(36)26-10-20-31(40)21-11-26/h2-21,41H,1H3. The van der Waals surface area contributed by atoms with Crippen LogP contribution in [-0.4, -0.2) is 5.11 Å². The van der Waals surface area contributed by atoms with Crippen molar-refractivity contribution in [3.63, 3.8) is 0 Å². The molecule has 0 atom stereocenters. The van der Waals surface area contributed by atoms with Crippen LogP contribution in [0.5, 0.6) is 0 Å². The zero-order valence-electron chi connectivity index (χ0n) is 22.0. The molecule has 5 aromatic rings. The van der Waals surface area contributed by atoms with E-state index in [1.165, 1.54) is 0 Å². The van der Waals surface area contributed by atoms with Crippen LogP contribution in [0.1, 0.15) is 33.4 Å². The molecule has 1 aliphatic carbocycles. The Kier molecular flexibility index (Phi) is 8.10. The summed E-state index contributed by atoms with van der Waals surface area (Å²) in [5, 5.41) is 13.4. The van der Waals surface area contributed by atoms with Crippen LogP contribution in [0.2, 0.25) is 0 Å². The summed E-state index contributed by atoms with van der Waals surface area (Å²) >= 11 is 14.5. The van der Waals surface area contributed by atoms with Crippen molar-refractivity contribution in [3.8, 4) is 0 Å². The van der Waals surface area contributed by atoms with E-state index < -0.39 is 5.60 Å². The SMILES string of the molecule is Cc1ccc(C2(O)C(c3ccc(Br)cc3)=C(c3ccc(Br)cc3)C(c3ccc(Br)cc3)=C2c2ccc(Br)cc2)cc1. The van der Waals surface area contributed by atoms with Gasteiger partial charge in [-0.1, -0.05) is 142 Å². The summed E-state index contributed by atoms with van der Waals surface area (Å²) in [5.74, 6) is 0. The number of halogens is 4. The van der Waals surface area contributed by atoms with Crippen LogP contribution in [0.15, 0.2) is 139 Å². The third-order valence-corrected chi connectivity index (χ3v) is 9.59. The first-order valence-corrected chi connectivity index (χ1v) is 16.3. The van der Waals surface area contributed by atoms with E-state index in [0.29, 0.717) is 0 Å². The zero-order valence-corrected chi connectivity index (χ0v) is 28.4. The molecule has 6 rings (SSSR count). The molecular formula is C36H24Br4O. The van der Waals surface area contributed by atoms with Crippen molar-refractivity contribution in [2.45, 2.75) is 12.5 Å². The molecule has 5 heteroatoms.